The minimum absolute atomic E-state index is 0.114. The summed E-state index contributed by atoms with van der Waals surface area (Å²) in [6, 6.07) is 4.80. The largest absolute Gasteiger partial charge is 0.453 e. The molecule has 1 heterocycles. The van der Waals surface area contributed by atoms with Crippen LogP contribution in [-0.2, 0) is 9.53 Å². The number of rotatable bonds is 1. The number of hydrogen-bond acceptors (Lipinski definition) is 6. The Morgan fingerprint density at radius 1 is 1.33 bits per heavy atom. The molecular formula is C19H27N5O3. The summed E-state index contributed by atoms with van der Waals surface area (Å²) in [5.41, 5.74) is 21.0. The van der Waals surface area contributed by atoms with Gasteiger partial charge in [-0.2, -0.15) is 0 Å². The Morgan fingerprint density at radius 2 is 2.11 bits per heavy atom. The Morgan fingerprint density at radius 3 is 2.81 bits per heavy atom. The Bertz CT molecular complexity index is 758. The lowest BCUT2D eigenvalue weighted by atomic mass is 9.99. The number of amides is 2. The molecule has 0 fully saturated rings. The molecule has 8 heteroatoms. The van der Waals surface area contributed by atoms with Crippen LogP contribution in [0.25, 0.3) is 5.70 Å². The van der Waals surface area contributed by atoms with Crippen LogP contribution in [0.4, 0.5) is 16.2 Å². The van der Waals surface area contributed by atoms with Gasteiger partial charge in [-0.25, -0.2) is 4.79 Å². The molecule has 1 aliphatic heterocycles. The van der Waals surface area contributed by atoms with E-state index in [9.17, 15) is 9.59 Å². The van der Waals surface area contributed by atoms with Crippen LogP contribution in [-0.4, -0.2) is 25.2 Å². The van der Waals surface area contributed by atoms with Gasteiger partial charge < -0.3 is 27.3 Å². The maximum absolute atomic E-state index is 12.3. The topological polar surface area (TPSA) is 145 Å². The summed E-state index contributed by atoms with van der Waals surface area (Å²) in [5, 5.41) is 5.44. The van der Waals surface area contributed by atoms with Crippen LogP contribution in [0.15, 0.2) is 36.0 Å². The van der Waals surface area contributed by atoms with Gasteiger partial charge in [-0.05, 0) is 48.9 Å². The lowest BCUT2D eigenvalue weighted by Gasteiger charge is -2.15. The van der Waals surface area contributed by atoms with Gasteiger partial charge in [-0.3, -0.25) is 10.1 Å². The van der Waals surface area contributed by atoms with E-state index in [0.29, 0.717) is 29.1 Å². The molecule has 2 rings (SSSR count). The molecule has 8 N–H and O–H groups in total. The second-order valence-electron chi connectivity index (χ2n) is 6.40. The second kappa shape index (κ2) is 9.63. The van der Waals surface area contributed by atoms with E-state index in [2.05, 4.69) is 15.4 Å². The van der Waals surface area contributed by atoms with Gasteiger partial charge in [0.2, 0.25) is 5.91 Å². The number of carbonyl (C=O) groups is 2. The zero-order valence-electron chi connectivity index (χ0n) is 15.5. The number of fused-ring (bicyclic) bond motifs is 1. The molecule has 0 aromatic heterocycles. The lowest BCUT2D eigenvalue weighted by molar-refractivity contribution is -0.116. The minimum Gasteiger partial charge on any atom is -0.453 e. The molecule has 0 aliphatic carbocycles. The standard InChI is InChI=1S/C19H27N5O3/c1-27-19(26)23-13-7-8-14-16(22)9-12(11-20)15(21)5-3-2-4-6-18(25)24-17(14)10-13/h7-11,15H,2-6,20-22H2,1H3,(H,23,26)(H,24,25)/b12-11+,16-9-. The first-order valence-electron chi connectivity index (χ1n) is 8.88. The molecule has 1 atom stereocenters. The van der Waals surface area contributed by atoms with E-state index in [1.54, 1.807) is 24.3 Å². The molecule has 1 aromatic rings. The fourth-order valence-corrected chi connectivity index (χ4v) is 2.89. The Labute approximate surface area is 158 Å². The van der Waals surface area contributed by atoms with Crippen molar-refractivity contribution in [3.8, 4) is 0 Å². The lowest BCUT2D eigenvalue weighted by Crippen LogP contribution is -2.23. The van der Waals surface area contributed by atoms with E-state index >= 15 is 0 Å². The van der Waals surface area contributed by atoms with Gasteiger partial charge in [0, 0.05) is 29.4 Å². The van der Waals surface area contributed by atoms with Gasteiger partial charge in [0.15, 0.2) is 0 Å². The molecule has 2 amide bonds. The molecule has 0 saturated carbocycles. The quantitative estimate of drug-likeness (QED) is 0.510. The number of hydrogen-bond donors (Lipinski definition) is 5. The zero-order valence-corrected chi connectivity index (χ0v) is 15.5. The van der Waals surface area contributed by atoms with Crippen LogP contribution in [0.5, 0.6) is 0 Å². The van der Waals surface area contributed by atoms with Crippen molar-refractivity contribution >= 4 is 29.1 Å². The first-order valence-corrected chi connectivity index (χ1v) is 8.88. The van der Waals surface area contributed by atoms with Crippen LogP contribution in [0, 0.1) is 0 Å². The molecule has 0 spiro atoms. The van der Waals surface area contributed by atoms with E-state index in [0.717, 1.165) is 31.3 Å². The van der Waals surface area contributed by atoms with Crippen molar-refractivity contribution in [3.05, 3.63) is 41.6 Å². The number of ether oxygens (including phenoxy) is 1. The van der Waals surface area contributed by atoms with Gasteiger partial charge in [-0.15, -0.1) is 0 Å². The van der Waals surface area contributed by atoms with Crippen molar-refractivity contribution in [1.82, 2.24) is 0 Å². The predicted octanol–water partition coefficient (Wildman–Crippen LogP) is 2.24. The zero-order chi connectivity index (χ0) is 19.8. The monoisotopic (exact) mass is 373 g/mol. The van der Waals surface area contributed by atoms with Crippen molar-refractivity contribution in [2.24, 2.45) is 17.2 Å². The highest BCUT2D eigenvalue weighted by Crippen LogP contribution is 2.27. The first kappa shape index (κ1) is 20.3. The van der Waals surface area contributed by atoms with Crippen LogP contribution < -0.4 is 27.8 Å². The van der Waals surface area contributed by atoms with Crippen molar-refractivity contribution in [3.63, 3.8) is 0 Å². The molecule has 1 aliphatic rings. The Hall–Kier alpha value is -3.00. The van der Waals surface area contributed by atoms with Crippen molar-refractivity contribution in [1.29, 1.82) is 0 Å². The highest BCUT2D eigenvalue weighted by Gasteiger charge is 2.15. The van der Waals surface area contributed by atoms with Gasteiger partial charge in [0.25, 0.3) is 0 Å². The Balaban J connectivity index is 2.44. The molecule has 0 saturated heterocycles. The van der Waals surface area contributed by atoms with Crippen LogP contribution in [0.3, 0.4) is 0 Å². The number of nitrogens with one attached hydrogen (secondary N) is 2. The highest BCUT2D eigenvalue weighted by molar-refractivity contribution is 5.96. The van der Waals surface area contributed by atoms with Crippen LogP contribution >= 0.6 is 0 Å². The summed E-state index contributed by atoms with van der Waals surface area (Å²) in [5.74, 6) is -0.114. The van der Waals surface area contributed by atoms with Crippen LogP contribution in [0.2, 0.25) is 0 Å². The summed E-state index contributed by atoms with van der Waals surface area (Å²) in [6.45, 7) is 0. The second-order valence-corrected chi connectivity index (χ2v) is 6.40. The van der Waals surface area contributed by atoms with E-state index < -0.39 is 6.09 Å². The maximum atomic E-state index is 12.3. The molecule has 1 unspecified atom stereocenters. The maximum Gasteiger partial charge on any atom is 0.411 e. The number of methoxy groups -OCH3 is 1. The third kappa shape index (κ3) is 5.75. The molecule has 1 aromatic carbocycles. The van der Waals surface area contributed by atoms with E-state index in [4.69, 9.17) is 17.2 Å². The van der Waals surface area contributed by atoms with E-state index in [1.807, 2.05) is 0 Å². The molecule has 0 bridgehead atoms. The normalized spacial score (nSPS) is 22.1. The van der Waals surface area contributed by atoms with E-state index in [1.165, 1.54) is 13.3 Å². The Kier molecular flexibility index (Phi) is 7.25. The first-order chi connectivity index (χ1) is 12.9. The molecule has 8 nitrogen and oxygen atoms in total. The number of benzene rings is 1. The predicted molar refractivity (Wildman–Crippen MR) is 107 cm³/mol. The third-order valence-corrected chi connectivity index (χ3v) is 4.40. The van der Waals surface area contributed by atoms with Crippen LogP contribution in [0.1, 0.15) is 37.7 Å². The minimum atomic E-state index is -0.603. The van der Waals surface area contributed by atoms with E-state index in [-0.39, 0.29) is 11.9 Å². The summed E-state index contributed by atoms with van der Waals surface area (Å²) in [4.78, 5) is 23.7. The summed E-state index contributed by atoms with van der Waals surface area (Å²) in [7, 11) is 1.28. The fourth-order valence-electron chi connectivity index (χ4n) is 2.89. The summed E-state index contributed by atoms with van der Waals surface area (Å²) in [6.07, 6.45) is 6.31. The average Bonchev–Trinajstić information content (AvgIpc) is 2.65. The SMILES string of the molecule is COC(=O)Nc1ccc2c(c1)NC(=O)CCCCCC(N)C(=C/N)/C=C/2N. The number of carbonyl (C=O) groups excluding carboxylic acids is 2. The van der Waals surface area contributed by atoms with Gasteiger partial charge >= 0.3 is 6.09 Å². The fraction of sp³-hybridized carbons (Fsp3) is 0.368. The highest BCUT2D eigenvalue weighted by atomic mass is 16.5. The number of anilines is 2. The van der Waals surface area contributed by atoms with Gasteiger partial charge in [0.05, 0.1) is 12.8 Å². The van der Waals surface area contributed by atoms with Crippen molar-refractivity contribution in [2.75, 3.05) is 17.7 Å². The molecule has 146 valence electrons. The van der Waals surface area contributed by atoms with Crippen molar-refractivity contribution < 1.29 is 14.3 Å². The summed E-state index contributed by atoms with van der Waals surface area (Å²) < 4.78 is 4.60. The third-order valence-electron chi connectivity index (χ3n) is 4.40. The van der Waals surface area contributed by atoms with Gasteiger partial charge in [0.1, 0.15) is 0 Å². The molecule has 27 heavy (non-hydrogen) atoms. The van der Waals surface area contributed by atoms with Gasteiger partial charge in [-0.1, -0.05) is 12.8 Å². The average molecular weight is 373 g/mol. The summed E-state index contributed by atoms with van der Waals surface area (Å²) >= 11 is 0. The number of nitrogens with two attached hydrogens (primary N) is 3. The smallest absolute Gasteiger partial charge is 0.411 e. The molecular weight excluding hydrogens is 346 g/mol. The molecule has 0 radical (unpaired) electrons. The van der Waals surface area contributed by atoms with Crippen molar-refractivity contribution in [2.45, 2.75) is 38.1 Å².